The Morgan fingerprint density at radius 3 is 2.74 bits per heavy atom. The van der Waals surface area contributed by atoms with Crippen LogP contribution >= 0.6 is 15.9 Å². The van der Waals surface area contributed by atoms with Gasteiger partial charge in [0.2, 0.25) is 5.82 Å². The van der Waals surface area contributed by atoms with Crippen LogP contribution in [0.3, 0.4) is 0 Å². The minimum absolute atomic E-state index is 0.183. The summed E-state index contributed by atoms with van der Waals surface area (Å²) in [4.78, 5) is 4.39. The van der Waals surface area contributed by atoms with Crippen molar-refractivity contribution < 1.29 is 9.26 Å². The van der Waals surface area contributed by atoms with E-state index in [1.165, 1.54) is 0 Å². The van der Waals surface area contributed by atoms with Crippen molar-refractivity contribution in [2.75, 3.05) is 12.8 Å². The minimum atomic E-state index is -0.183. The second-order valence-electron chi connectivity index (χ2n) is 4.60. The number of ether oxygens (including phenoxy) is 1. The third kappa shape index (κ3) is 2.96. The van der Waals surface area contributed by atoms with Crippen LogP contribution in [0.4, 0.5) is 5.69 Å². The fourth-order valence-electron chi connectivity index (χ4n) is 1.84. The van der Waals surface area contributed by atoms with E-state index in [0.29, 0.717) is 17.4 Å². The summed E-state index contributed by atoms with van der Waals surface area (Å²) >= 11 is 3.44. The molecule has 0 fully saturated rings. The van der Waals surface area contributed by atoms with Crippen molar-refractivity contribution in [1.82, 2.24) is 10.1 Å². The Hall–Kier alpha value is -1.40. The van der Waals surface area contributed by atoms with Gasteiger partial charge in [-0.15, -0.1) is 0 Å². The SMILES string of the molecule is COC(c1noc(-c2cc(N)ccc2Br)n1)C(C)C. The molecule has 102 valence electrons. The van der Waals surface area contributed by atoms with E-state index in [2.05, 4.69) is 26.1 Å². The molecule has 0 saturated heterocycles. The fraction of sp³-hybridized carbons (Fsp3) is 0.385. The Labute approximate surface area is 120 Å². The van der Waals surface area contributed by atoms with Gasteiger partial charge < -0.3 is 15.0 Å². The van der Waals surface area contributed by atoms with E-state index in [0.717, 1.165) is 10.0 Å². The lowest BCUT2D eigenvalue weighted by Gasteiger charge is -2.14. The normalized spacial score (nSPS) is 12.9. The number of rotatable bonds is 4. The number of nitrogen functional groups attached to an aromatic ring is 1. The predicted octanol–water partition coefficient (Wildman–Crippen LogP) is 3.42. The predicted molar refractivity (Wildman–Crippen MR) is 76.4 cm³/mol. The van der Waals surface area contributed by atoms with E-state index in [1.807, 2.05) is 19.9 Å². The number of hydrogen-bond acceptors (Lipinski definition) is 5. The molecular formula is C13H16BrN3O2. The molecule has 1 atom stereocenters. The highest BCUT2D eigenvalue weighted by molar-refractivity contribution is 9.10. The zero-order valence-electron chi connectivity index (χ0n) is 11.1. The van der Waals surface area contributed by atoms with Gasteiger partial charge in [0.25, 0.3) is 5.89 Å². The summed E-state index contributed by atoms with van der Waals surface area (Å²) in [7, 11) is 1.64. The molecule has 1 heterocycles. The van der Waals surface area contributed by atoms with Crippen LogP contribution in [0.25, 0.3) is 11.5 Å². The van der Waals surface area contributed by atoms with Crippen LogP contribution in [0.15, 0.2) is 27.2 Å². The van der Waals surface area contributed by atoms with Gasteiger partial charge >= 0.3 is 0 Å². The molecule has 0 bridgehead atoms. The van der Waals surface area contributed by atoms with Crippen LogP contribution in [0.1, 0.15) is 25.8 Å². The second-order valence-corrected chi connectivity index (χ2v) is 5.45. The molecule has 19 heavy (non-hydrogen) atoms. The molecule has 0 spiro atoms. The van der Waals surface area contributed by atoms with Gasteiger partial charge in [-0.2, -0.15) is 4.98 Å². The first kappa shape index (κ1) is 14.0. The van der Waals surface area contributed by atoms with E-state index in [4.69, 9.17) is 15.0 Å². The van der Waals surface area contributed by atoms with Crippen molar-refractivity contribution in [2.24, 2.45) is 5.92 Å². The Kier molecular flexibility index (Phi) is 4.21. The Morgan fingerprint density at radius 1 is 1.37 bits per heavy atom. The number of hydrogen-bond donors (Lipinski definition) is 1. The third-order valence-electron chi connectivity index (χ3n) is 2.78. The Balaban J connectivity index is 2.38. The number of anilines is 1. The van der Waals surface area contributed by atoms with Gasteiger partial charge in [-0.05, 0) is 40.0 Å². The highest BCUT2D eigenvalue weighted by Crippen LogP contribution is 2.31. The van der Waals surface area contributed by atoms with Crippen molar-refractivity contribution in [3.8, 4) is 11.5 Å². The summed E-state index contributed by atoms with van der Waals surface area (Å²) in [6, 6.07) is 5.44. The minimum Gasteiger partial charge on any atom is -0.399 e. The van der Waals surface area contributed by atoms with E-state index >= 15 is 0 Å². The maximum absolute atomic E-state index is 5.77. The van der Waals surface area contributed by atoms with Gasteiger partial charge in [0.1, 0.15) is 6.10 Å². The maximum atomic E-state index is 5.77. The quantitative estimate of drug-likeness (QED) is 0.872. The molecule has 0 aliphatic rings. The monoisotopic (exact) mass is 325 g/mol. The molecule has 6 heteroatoms. The fourth-order valence-corrected chi connectivity index (χ4v) is 2.26. The number of aromatic nitrogens is 2. The summed E-state index contributed by atoms with van der Waals surface area (Å²) < 4.78 is 11.5. The van der Waals surface area contributed by atoms with E-state index in [1.54, 1.807) is 19.2 Å². The molecule has 0 amide bonds. The summed E-state index contributed by atoms with van der Waals surface area (Å²) in [6.45, 7) is 4.08. The van der Waals surface area contributed by atoms with Crippen LogP contribution in [-0.4, -0.2) is 17.3 Å². The molecule has 0 radical (unpaired) electrons. The highest BCUT2D eigenvalue weighted by atomic mass is 79.9. The summed E-state index contributed by atoms with van der Waals surface area (Å²) in [5, 5.41) is 3.98. The number of halogens is 1. The topological polar surface area (TPSA) is 74.2 Å². The van der Waals surface area contributed by atoms with Gasteiger partial charge in [-0.25, -0.2) is 0 Å². The Morgan fingerprint density at radius 2 is 2.11 bits per heavy atom. The summed E-state index contributed by atoms with van der Waals surface area (Å²) in [5.74, 6) is 1.23. The molecule has 2 rings (SSSR count). The molecule has 0 saturated carbocycles. The van der Waals surface area contributed by atoms with Crippen molar-refractivity contribution in [1.29, 1.82) is 0 Å². The summed E-state index contributed by atoms with van der Waals surface area (Å²) in [6.07, 6.45) is -0.183. The number of nitrogens with two attached hydrogens (primary N) is 1. The lowest BCUT2D eigenvalue weighted by Crippen LogP contribution is -2.10. The molecule has 1 aromatic carbocycles. The van der Waals surface area contributed by atoms with Crippen LogP contribution in [0.2, 0.25) is 0 Å². The van der Waals surface area contributed by atoms with E-state index in [-0.39, 0.29) is 12.0 Å². The van der Waals surface area contributed by atoms with Crippen LogP contribution in [0.5, 0.6) is 0 Å². The largest absolute Gasteiger partial charge is 0.399 e. The number of nitrogens with zero attached hydrogens (tertiary/aromatic N) is 2. The highest BCUT2D eigenvalue weighted by Gasteiger charge is 2.22. The van der Waals surface area contributed by atoms with Gasteiger partial charge in [0.05, 0.1) is 5.56 Å². The van der Waals surface area contributed by atoms with Gasteiger partial charge in [-0.1, -0.05) is 19.0 Å². The number of benzene rings is 1. The van der Waals surface area contributed by atoms with E-state index in [9.17, 15) is 0 Å². The average Bonchev–Trinajstić information content (AvgIpc) is 2.82. The zero-order valence-corrected chi connectivity index (χ0v) is 12.6. The summed E-state index contributed by atoms with van der Waals surface area (Å²) in [5.41, 5.74) is 7.19. The second kappa shape index (κ2) is 5.71. The molecule has 1 aromatic heterocycles. The molecule has 2 aromatic rings. The first-order valence-corrected chi connectivity index (χ1v) is 6.74. The molecular weight excluding hydrogens is 310 g/mol. The third-order valence-corrected chi connectivity index (χ3v) is 3.47. The lowest BCUT2D eigenvalue weighted by molar-refractivity contribution is 0.0556. The van der Waals surface area contributed by atoms with E-state index < -0.39 is 0 Å². The lowest BCUT2D eigenvalue weighted by atomic mass is 10.1. The maximum Gasteiger partial charge on any atom is 0.259 e. The molecule has 2 N–H and O–H groups in total. The van der Waals surface area contributed by atoms with Crippen LogP contribution in [0, 0.1) is 5.92 Å². The van der Waals surface area contributed by atoms with Gasteiger partial charge in [0.15, 0.2) is 0 Å². The molecule has 0 aliphatic carbocycles. The molecule has 1 unspecified atom stereocenters. The first-order chi connectivity index (χ1) is 9.02. The molecule has 5 nitrogen and oxygen atoms in total. The van der Waals surface area contributed by atoms with Crippen molar-refractivity contribution in [2.45, 2.75) is 20.0 Å². The van der Waals surface area contributed by atoms with Crippen LogP contribution < -0.4 is 5.73 Å². The zero-order chi connectivity index (χ0) is 14.0. The van der Waals surface area contributed by atoms with Crippen LogP contribution in [-0.2, 0) is 4.74 Å². The Bertz CT molecular complexity index is 569. The van der Waals surface area contributed by atoms with Gasteiger partial charge in [-0.3, -0.25) is 0 Å². The van der Waals surface area contributed by atoms with Crippen molar-refractivity contribution in [3.05, 3.63) is 28.5 Å². The van der Waals surface area contributed by atoms with Crippen molar-refractivity contribution in [3.63, 3.8) is 0 Å². The van der Waals surface area contributed by atoms with Crippen molar-refractivity contribution >= 4 is 21.6 Å². The average molecular weight is 326 g/mol. The number of methoxy groups -OCH3 is 1. The first-order valence-electron chi connectivity index (χ1n) is 5.94. The standard InChI is InChI=1S/C13H16BrN3O2/c1-7(2)11(18-3)12-16-13(19-17-12)9-6-8(15)4-5-10(9)14/h4-7,11H,15H2,1-3H3. The smallest absolute Gasteiger partial charge is 0.259 e. The van der Waals surface area contributed by atoms with Gasteiger partial charge in [0, 0.05) is 17.3 Å². The molecule has 0 aliphatic heterocycles.